The van der Waals surface area contributed by atoms with Gasteiger partial charge in [-0.05, 0) is 64.2 Å². The minimum atomic E-state index is -4.92. The van der Waals surface area contributed by atoms with Crippen molar-refractivity contribution in [3.63, 3.8) is 0 Å². The van der Waals surface area contributed by atoms with Gasteiger partial charge in [0.25, 0.3) is 0 Å². The second-order valence-electron chi connectivity index (χ2n) is 15.9. The van der Waals surface area contributed by atoms with Crippen molar-refractivity contribution in [2.75, 3.05) is 19.0 Å². The second-order valence-corrected chi connectivity index (χ2v) is 18.4. The van der Waals surface area contributed by atoms with Crippen molar-refractivity contribution in [1.82, 2.24) is 0 Å². The van der Waals surface area contributed by atoms with Gasteiger partial charge in [0, 0.05) is 23.8 Å². The summed E-state index contributed by atoms with van der Waals surface area (Å²) >= 11 is 1.18. The summed E-state index contributed by atoms with van der Waals surface area (Å²) in [6.45, 7) is 3.24. The third kappa shape index (κ3) is 41.5. The number of esters is 2. The van der Waals surface area contributed by atoms with Gasteiger partial charge in [0.1, 0.15) is 12.6 Å². The number of rotatable bonds is 43. The van der Waals surface area contributed by atoms with E-state index >= 15 is 0 Å². The first-order valence-corrected chi connectivity index (χ1v) is 26.1. The molecule has 0 bridgehead atoms. The fraction of sp³-hybridized carbons (Fsp3) is 0.729. The lowest BCUT2D eigenvalue weighted by atomic mass is 10.1. The number of hydrogen-bond donors (Lipinski definition) is 5. The lowest BCUT2D eigenvalue weighted by Crippen LogP contribution is -2.40. The molecule has 0 rings (SSSR count). The molecule has 0 fully saturated rings. The van der Waals surface area contributed by atoms with Crippen LogP contribution in [0.5, 0.6) is 0 Å². The number of ether oxygens (including phenoxy) is 2. The first-order valence-electron chi connectivity index (χ1n) is 23.5. The minimum absolute atomic E-state index is 0.000887. The summed E-state index contributed by atoms with van der Waals surface area (Å²) in [7, 11) is -4.92. The van der Waals surface area contributed by atoms with Gasteiger partial charge in [-0.15, -0.1) is 11.8 Å². The Morgan fingerprint density at radius 2 is 1.19 bits per heavy atom. The van der Waals surface area contributed by atoms with Crippen molar-refractivity contribution >= 4 is 37.5 Å². The van der Waals surface area contributed by atoms with Crippen LogP contribution in [0.15, 0.2) is 60.8 Å². The zero-order valence-electron chi connectivity index (χ0n) is 38.2. The topological polar surface area (TPSA) is 203 Å². The molecular formula is C48H84NO11PS. The number of hydrogen-bond acceptors (Lipinski definition) is 10. The van der Waals surface area contributed by atoms with Gasteiger partial charge in [0.15, 0.2) is 6.10 Å². The van der Waals surface area contributed by atoms with Gasteiger partial charge in [-0.3, -0.25) is 18.9 Å². The van der Waals surface area contributed by atoms with Gasteiger partial charge < -0.3 is 35.2 Å². The highest BCUT2D eigenvalue weighted by molar-refractivity contribution is 8.00. The zero-order valence-corrected chi connectivity index (χ0v) is 39.9. The predicted octanol–water partition coefficient (Wildman–Crippen LogP) is 11.4. The number of phosphoric ester groups is 1. The summed E-state index contributed by atoms with van der Waals surface area (Å²) in [6, 6.07) is -1.20. The summed E-state index contributed by atoms with van der Waals surface area (Å²) < 4.78 is 26.6. The number of allylic oxidation sites excluding steroid dienone is 9. The van der Waals surface area contributed by atoms with E-state index in [2.05, 4.69) is 42.7 Å². The monoisotopic (exact) mass is 914 g/mol. The number of nitrogens with two attached hydrogens (primary N) is 1. The van der Waals surface area contributed by atoms with Gasteiger partial charge in [0.2, 0.25) is 0 Å². The van der Waals surface area contributed by atoms with E-state index in [1.54, 1.807) is 18.2 Å². The van der Waals surface area contributed by atoms with E-state index in [0.717, 1.165) is 38.5 Å². The third-order valence-corrected chi connectivity index (χ3v) is 11.9. The molecule has 0 spiro atoms. The molecule has 6 N–H and O–H groups in total. The summed E-state index contributed by atoms with van der Waals surface area (Å²) in [5.41, 5.74) is 6.13. The van der Waals surface area contributed by atoms with E-state index in [0.29, 0.717) is 6.42 Å². The Hall–Kier alpha value is -2.51. The molecular weight excluding hydrogens is 830 g/mol. The number of carbonyl (C=O) groups is 3. The molecule has 0 aromatic heterocycles. The fourth-order valence-corrected chi connectivity index (χ4v) is 7.81. The van der Waals surface area contributed by atoms with Gasteiger partial charge in [-0.2, -0.15) is 0 Å². The normalized spacial score (nSPS) is 14.4. The second kappa shape index (κ2) is 42.4. The summed E-state index contributed by atoms with van der Waals surface area (Å²) in [5.74, 6) is -2.39. The van der Waals surface area contributed by atoms with Crippen molar-refractivity contribution in [2.24, 2.45) is 5.73 Å². The maximum Gasteiger partial charge on any atom is 0.469 e. The van der Waals surface area contributed by atoms with Crippen LogP contribution in [0.2, 0.25) is 0 Å². The zero-order chi connectivity index (χ0) is 45.9. The smallest absolute Gasteiger partial charge is 0.469 e. The van der Waals surface area contributed by atoms with E-state index < -0.39 is 62.4 Å². The van der Waals surface area contributed by atoms with Crippen molar-refractivity contribution < 1.29 is 52.9 Å². The van der Waals surface area contributed by atoms with Crippen molar-refractivity contribution in [2.45, 2.75) is 204 Å². The first kappa shape index (κ1) is 59.5. The molecule has 0 saturated carbocycles. The van der Waals surface area contributed by atoms with Gasteiger partial charge in [0.05, 0.1) is 12.7 Å². The molecule has 0 saturated heterocycles. The molecule has 358 valence electrons. The number of carboxylic acid groups (broad SMARTS) is 1. The van der Waals surface area contributed by atoms with E-state index in [-0.39, 0.29) is 31.4 Å². The largest absolute Gasteiger partial charge is 0.481 e. The average molecular weight is 914 g/mol. The Morgan fingerprint density at radius 3 is 1.79 bits per heavy atom. The van der Waals surface area contributed by atoms with E-state index in [9.17, 15) is 33.8 Å². The van der Waals surface area contributed by atoms with Crippen LogP contribution in [-0.2, 0) is 32.9 Å². The first-order chi connectivity index (χ1) is 29.9. The summed E-state index contributed by atoms with van der Waals surface area (Å²) in [5, 5.41) is 19.3. The van der Waals surface area contributed by atoms with Crippen molar-refractivity contribution in [1.29, 1.82) is 0 Å². The SMILES string of the molecule is CCCCC/C=C\C\C=C/C=C/C=C/[C@@H](SC[C@H](N)C(=O)O[C@H](COC(=O)CCCCCCCCCCC/C=C\CCCCCCCC)COP(=O)(O)O)[C@@H](O)CCCC(=O)O. The molecule has 0 aliphatic carbocycles. The minimum Gasteiger partial charge on any atom is -0.481 e. The standard InChI is InChI=1S/C48H84NO11PS/c1-3-5-7-9-11-13-15-17-18-19-20-21-22-23-25-27-29-31-33-38-47(53)58-39-42(40-59-61(55,56)57)60-48(54)43(49)41-62-45(44(50)35-34-37-46(51)52)36-32-30-28-26-24-16-14-12-10-8-6-4-2/h12,14,17-18,24,26,28,30,32,36,42-45,50H,3-11,13,15-16,19-23,25,27,29,31,33-35,37-41,49H2,1-2H3,(H,51,52)(H2,55,56,57)/b14-12-,18-17-,26-24-,30-28+,36-32+/t42-,43+,44+,45-/m1/s1. The Bertz CT molecular complexity index is 1320. The Balaban J connectivity index is 4.72. The molecule has 14 heteroatoms. The lowest BCUT2D eigenvalue weighted by molar-refractivity contribution is -0.161. The molecule has 0 radical (unpaired) electrons. The summed E-state index contributed by atoms with van der Waals surface area (Å²) in [4.78, 5) is 54.9. The van der Waals surface area contributed by atoms with Crippen LogP contribution in [0.1, 0.15) is 181 Å². The van der Waals surface area contributed by atoms with Crippen molar-refractivity contribution in [3.05, 3.63) is 60.8 Å². The number of aliphatic carboxylic acids is 1. The average Bonchev–Trinajstić information content (AvgIpc) is 3.23. The molecule has 0 amide bonds. The van der Waals surface area contributed by atoms with Crippen LogP contribution in [-0.4, -0.2) is 80.4 Å². The molecule has 4 atom stereocenters. The quantitative estimate of drug-likeness (QED) is 0.0127. The molecule has 0 unspecified atom stereocenters. The number of phosphoric acid groups is 1. The number of unbranched alkanes of at least 4 members (excludes halogenated alkanes) is 18. The highest BCUT2D eigenvalue weighted by atomic mass is 32.2. The number of aliphatic hydroxyl groups is 1. The van der Waals surface area contributed by atoms with Crippen LogP contribution >= 0.6 is 19.6 Å². The maximum absolute atomic E-state index is 13.0. The van der Waals surface area contributed by atoms with E-state index in [1.807, 2.05) is 18.2 Å². The van der Waals surface area contributed by atoms with Gasteiger partial charge in [-0.25, -0.2) is 4.57 Å². The van der Waals surface area contributed by atoms with Crippen molar-refractivity contribution in [3.8, 4) is 0 Å². The highest BCUT2D eigenvalue weighted by Crippen LogP contribution is 2.36. The molecule has 0 aliphatic heterocycles. The third-order valence-electron chi connectivity index (χ3n) is 10.0. The Labute approximate surface area is 378 Å². The molecule has 0 heterocycles. The fourth-order valence-electron chi connectivity index (χ4n) is 6.32. The lowest BCUT2D eigenvalue weighted by Gasteiger charge is -2.23. The van der Waals surface area contributed by atoms with Crippen LogP contribution < -0.4 is 5.73 Å². The summed E-state index contributed by atoms with van der Waals surface area (Å²) in [6.07, 6.45) is 44.1. The Kier molecular flexibility index (Phi) is 40.7. The number of carboxylic acids is 1. The van der Waals surface area contributed by atoms with E-state index in [1.165, 1.54) is 108 Å². The number of aliphatic hydroxyl groups excluding tert-OH is 1. The van der Waals surface area contributed by atoms with E-state index in [4.69, 9.17) is 20.3 Å². The highest BCUT2D eigenvalue weighted by Gasteiger charge is 2.27. The van der Waals surface area contributed by atoms with Crippen LogP contribution in [0.4, 0.5) is 0 Å². The van der Waals surface area contributed by atoms with Gasteiger partial charge >= 0.3 is 25.7 Å². The molecule has 0 aliphatic rings. The molecule has 0 aromatic carbocycles. The number of carbonyl (C=O) groups excluding carboxylic acids is 2. The van der Waals surface area contributed by atoms with Crippen LogP contribution in [0, 0.1) is 0 Å². The molecule has 12 nitrogen and oxygen atoms in total. The Morgan fingerprint density at radius 1 is 0.661 bits per heavy atom. The number of thioether (sulfide) groups is 1. The molecule has 0 aromatic rings. The van der Waals surface area contributed by atoms with Crippen LogP contribution in [0.25, 0.3) is 0 Å². The molecule has 62 heavy (non-hydrogen) atoms. The maximum atomic E-state index is 13.0. The van der Waals surface area contributed by atoms with Crippen LogP contribution in [0.3, 0.4) is 0 Å². The predicted molar refractivity (Wildman–Crippen MR) is 254 cm³/mol. The van der Waals surface area contributed by atoms with Gasteiger partial charge in [-0.1, -0.05) is 164 Å².